The van der Waals surface area contributed by atoms with Gasteiger partial charge in [0, 0.05) is 30.6 Å². The first kappa shape index (κ1) is 19.1. The van der Waals surface area contributed by atoms with Gasteiger partial charge in [0.1, 0.15) is 0 Å². The van der Waals surface area contributed by atoms with Crippen LogP contribution < -0.4 is 15.0 Å². The van der Waals surface area contributed by atoms with Gasteiger partial charge in [0.2, 0.25) is 5.91 Å². The Bertz CT molecular complexity index is 1120. The summed E-state index contributed by atoms with van der Waals surface area (Å²) in [6.45, 7) is 1.21. The number of carbonyl (C=O) groups excluding carboxylic acids is 1. The molecule has 4 rings (SSSR count). The van der Waals surface area contributed by atoms with E-state index in [0.29, 0.717) is 43.0 Å². The van der Waals surface area contributed by atoms with E-state index in [-0.39, 0.29) is 11.5 Å². The molecule has 6 heteroatoms. The highest BCUT2D eigenvalue weighted by molar-refractivity contribution is 5.79. The van der Waals surface area contributed by atoms with E-state index < -0.39 is 0 Å². The van der Waals surface area contributed by atoms with Crippen molar-refractivity contribution in [1.29, 1.82) is 0 Å². The number of ether oxygens (including phenoxy) is 2. The van der Waals surface area contributed by atoms with Crippen LogP contribution in [0, 0.1) is 0 Å². The predicted molar refractivity (Wildman–Crippen MR) is 112 cm³/mol. The largest absolute Gasteiger partial charge is 0.493 e. The van der Waals surface area contributed by atoms with Crippen LogP contribution in [0.2, 0.25) is 0 Å². The fraction of sp³-hybridized carbons (Fsp3) is 0.304. The molecular weight excluding hydrogens is 368 g/mol. The summed E-state index contributed by atoms with van der Waals surface area (Å²) in [4.78, 5) is 29.8. The molecule has 1 aliphatic heterocycles. The van der Waals surface area contributed by atoms with Crippen molar-refractivity contribution < 1.29 is 14.3 Å². The molecule has 2 aromatic carbocycles. The van der Waals surface area contributed by atoms with Gasteiger partial charge in [-0.15, -0.1) is 0 Å². The molecule has 0 unspecified atom stereocenters. The lowest BCUT2D eigenvalue weighted by molar-refractivity contribution is -0.132. The average Bonchev–Trinajstić information content (AvgIpc) is 2.75. The Hall–Kier alpha value is -3.28. The molecule has 29 heavy (non-hydrogen) atoms. The van der Waals surface area contributed by atoms with Gasteiger partial charge in [-0.25, -0.2) is 0 Å². The third kappa shape index (κ3) is 3.83. The molecule has 1 aliphatic rings. The Labute approximate surface area is 169 Å². The van der Waals surface area contributed by atoms with Crippen LogP contribution >= 0.6 is 0 Å². The number of para-hydroxylation sites is 1. The third-order valence-electron chi connectivity index (χ3n) is 5.51. The van der Waals surface area contributed by atoms with E-state index in [1.807, 2.05) is 47.4 Å². The first-order valence-corrected chi connectivity index (χ1v) is 9.71. The maximum atomic E-state index is 12.8. The van der Waals surface area contributed by atoms with Gasteiger partial charge in [0.05, 0.1) is 14.2 Å². The van der Waals surface area contributed by atoms with Crippen LogP contribution in [0.15, 0.2) is 47.3 Å². The van der Waals surface area contributed by atoms with Crippen molar-refractivity contribution in [2.45, 2.75) is 25.8 Å². The third-order valence-corrected chi connectivity index (χ3v) is 5.51. The molecule has 0 atom stereocenters. The van der Waals surface area contributed by atoms with E-state index in [9.17, 15) is 9.59 Å². The van der Waals surface area contributed by atoms with Crippen molar-refractivity contribution in [1.82, 2.24) is 9.88 Å². The number of hydrogen-bond donors (Lipinski definition) is 1. The summed E-state index contributed by atoms with van der Waals surface area (Å²) in [5.74, 6) is 1.43. The number of H-pyrrole nitrogens is 1. The number of hydrogen-bond acceptors (Lipinski definition) is 4. The SMILES string of the molecule is COc1cc2c(cc1OC)CN(C(=O)CCc1cc3ccccc3[nH]c1=O)CC2. The standard InChI is InChI=1S/C23H24N2O4/c1-28-20-12-15-9-10-25(14-18(15)13-21(20)29-2)22(26)8-7-17-11-16-5-3-4-6-19(16)24-23(17)27/h3-6,11-13H,7-10,14H2,1-2H3,(H,24,27). The number of rotatable bonds is 5. The maximum absolute atomic E-state index is 12.8. The molecule has 1 aromatic heterocycles. The zero-order valence-corrected chi connectivity index (χ0v) is 16.7. The van der Waals surface area contributed by atoms with Gasteiger partial charge in [-0.1, -0.05) is 18.2 Å². The summed E-state index contributed by atoms with van der Waals surface area (Å²) in [5, 5.41) is 0.975. The number of carbonyl (C=O) groups is 1. The highest BCUT2D eigenvalue weighted by Gasteiger charge is 2.23. The molecule has 0 spiro atoms. The lowest BCUT2D eigenvalue weighted by Crippen LogP contribution is -2.36. The van der Waals surface area contributed by atoms with Gasteiger partial charge in [-0.2, -0.15) is 0 Å². The van der Waals surface area contributed by atoms with Gasteiger partial charge in [0.25, 0.3) is 5.56 Å². The lowest BCUT2D eigenvalue weighted by Gasteiger charge is -2.29. The topological polar surface area (TPSA) is 71.6 Å². The number of amides is 1. The Morgan fingerprint density at radius 3 is 2.55 bits per heavy atom. The first-order chi connectivity index (χ1) is 14.1. The fourth-order valence-electron chi connectivity index (χ4n) is 3.87. The Morgan fingerprint density at radius 2 is 1.79 bits per heavy atom. The summed E-state index contributed by atoms with van der Waals surface area (Å²) >= 11 is 0. The number of pyridine rings is 1. The van der Waals surface area contributed by atoms with Crippen LogP contribution in [0.5, 0.6) is 11.5 Å². The van der Waals surface area contributed by atoms with E-state index in [1.54, 1.807) is 14.2 Å². The zero-order chi connectivity index (χ0) is 20.4. The van der Waals surface area contributed by atoms with Crippen LogP contribution in [-0.2, 0) is 24.2 Å². The molecule has 0 fully saturated rings. The van der Waals surface area contributed by atoms with E-state index in [0.717, 1.165) is 22.9 Å². The number of fused-ring (bicyclic) bond motifs is 2. The molecule has 3 aromatic rings. The number of nitrogens with one attached hydrogen (secondary N) is 1. The molecule has 0 saturated heterocycles. The fourth-order valence-corrected chi connectivity index (χ4v) is 3.87. The number of aromatic nitrogens is 1. The number of methoxy groups -OCH3 is 2. The summed E-state index contributed by atoms with van der Waals surface area (Å²) < 4.78 is 10.8. The van der Waals surface area contributed by atoms with Crippen LogP contribution in [0.25, 0.3) is 10.9 Å². The smallest absolute Gasteiger partial charge is 0.251 e. The summed E-state index contributed by atoms with van der Waals surface area (Å²) in [6.07, 6.45) is 1.51. The molecule has 2 heterocycles. The van der Waals surface area contributed by atoms with Gasteiger partial charge >= 0.3 is 0 Å². The molecule has 1 amide bonds. The number of nitrogens with zero attached hydrogens (tertiary/aromatic N) is 1. The highest BCUT2D eigenvalue weighted by Crippen LogP contribution is 2.33. The second-order valence-corrected chi connectivity index (χ2v) is 7.25. The molecule has 0 radical (unpaired) electrons. The van der Waals surface area contributed by atoms with Crippen molar-refractivity contribution >= 4 is 16.8 Å². The van der Waals surface area contributed by atoms with Crippen LogP contribution in [0.3, 0.4) is 0 Å². The van der Waals surface area contributed by atoms with E-state index >= 15 is 0 Å². The normalized spacial score (nSPS) is 13.2. The van der Waals surface area contributed by atoms with Crippen molar-refractivity contribution in [3.8, 4) is 11.5 Å². The van der Waals surface area contributed by atoms with E-state index in [2.05, 4.69) is 4.98 Å². The number of benzene rings is 2. The molecule has 1 N–H and O–H groups in total. The molecule has 150 valence electrons. The zero-order valence-electron chi connectivity index (χ0n) is 16.7. The number of aryl methyl sites for hydroxylation is 1. The highest BCUT2D eigenvalue weighted by atomic mass is 16.5. The maximum Gasteiger partial charge on any atom is 0.251 e. The molecule has 0 bridgehead atoms. The van der Waals surface area contributed by atoms with Crippen molar-refractivity contribution in [3.05, 3.63) is 69.5 Å². The van der Waals surface area contributed by atoms with Crippen molar-refractivity contribution in [2.75, 3.05) is 20.8 Å². The van der Waals surface area contributed by atoms with E-state index in [4.69, 9.17) is 9.47 Å². The quantitative estimate of drug-likeness (QED) is 0.724. The van der Waals surface area contributed by atoms with Crippen molar-refractivity contribution in [2.24, 2.45) is 0 Å². The summed E-state index contributed by atoms with van der Waals surface area (Å²) in [6, 6.07) is 13.5. The molecule has 6 nitrogen and oxygen atoms in total. The lowest BCUT2D eigenvalue weighted by atomic mass is 9.98. The minimum absolute atomic E-state index is 0.0537. The van der Waals surface area contributed by atoms with Crippen LogP contribution in [-0.4, -0.2) is 36.6 Å². The summed E-state index contributed by atoms with van der Waals surface area (Å²) in [7, 11) is 3.23. The Balaban J connectivity index is 1.46. The van der Waals surface area contributed by atoms with E-state index in [1.165, 1.54) is 5.56 Å². The number of aromatic amines is 1. The van der Waals surface area contributed by atoms with Gasteiger partial charge in [-0.3, -0.25) is 9.59 Å². The second-order valence-electron chi connectivity index (χ2n) is 7.25. The van der Waals surface area contributed by atoms with Crippen molar-refractivity contribution in [3.63, 3.8) is 0 Å². The first-order valence-electron chi connectivity index (χ1n) is 9.71. The van der Waals surface area contributed by atoms with Gasteiger partial charge < -0.3 is 19.4 Å². The van der Waals surface area contributed by atoms with Crippen LogP contribution in [0.4, 0.5) is 0 Å². The Kier molecular flexibility index (Phi) is 5.25. The monoisotopic (exact) mass is 392 g/mol. The van der Waals surface area contributed by atoms with Gasteiger partial charge in [-0.05, 0) is 53.6 Å². The molecule has 0 saturated carbocycles. The predicted octanol–water partition coefficient (Wildman–Crippen LogP) is 3.06. The average molecular weight is 392 g/mol. The summed E-state index contributed by atoms with van der Waals surface area (Å²) in [5.41, 5.74) is 3.58. The van der Waals surface area contributed by atoms with Gasteiger partial charge in [0.15, 0.2) is 11.5 Å². The Morgan fingerprint density at radius 1 is 1.07 bits per heavy atom. The minimum Gasteiger partial charge on any atom is -0.493 e. The van der Waals surface area contributed by atoms with Crippen LogP contribution in [0.1, 0.15) is 23.1 Å². The molecular formula is C23H24N2O4. The molecule has 0 aliphatic carbocycles. The minimum atomic E-state index is -0.127. The second kappa shape index (κ2) is 7.99.